The lowest BCUT2D eigenvalue weighted by Gasteiger charge is -2.17. The zero-order chi connectivity index (χ0) is 19.1. The largest absolute Gasteiger partial charge is 0.308 e. The summed E-state index contributed by atoms with van der Waals surface area (Å²) < 4.78 is 15.8. The van der Waals surface area contributed by atoms with Gasteiger partial charge in [-0.1, -0.05) is 18.6 Å². The van der Waals surface area contributed by atoms with E-state index in [-0.39, 0.29) is 17.2 Å². The van der Waals surface area contributed by atoms with Crippen LogP contribution >= 0.6 is 11.3 Å². The Bertz CT molecular complexity index is 1100. The normalized spacial score (nSPS) is 14.0. The fraction of sp³-hybridized carbons (Fsp3) is 0.350. The van der Waals surface area contributed by atoms with Gasteiger partial charge in [0.1, 0.15) is 16.5 Å². The van der Waals surface area contributed by atoms with Crippen molar-refractivity contribution in [2.45, 2.75) is 39.2 Å². The molecule has 27 heavy (non-hydrogen) atoms. The molecule has 0 spiro atoms. The maximum atomic E-state index is 14.1. The third-order valence-electron chi connectivity index (χ3n) is 5.12. The Morgan fingerprint density at radius 3 is 2.81 bits per heavy atom. The Morgan fingerprint density at radius 1 is 1.26 bits per heavy atom. The van der Waals surface area contributed by atoms with Gasteiger partial charge in [-0.3, -0.25) is 14.2 Å². The lowest BCUT2D eigenvalue weighted by Crippen LogP contribution is -2.27. The Labute approximate surface area is 160 Å². The van der Waals surface area contributed by atoms with Gasteiger partial charge >= 0.3 is 0 Å². The Morgan fingerprint density at radius 2 is 2.04 bits per heavy atom. The van der Waals surface area contributed by atoms with Gasteiger partial charge in [-0.15, -0.1) is 11.3 Å². The number of carbonyl (C=O) groups excluding carboxylic acids is 1. The molecule has 3 aromatic rings. The van der Waals surface area contributed by atoms with Gasteiger partial charge in [-0.05, 0) is 37.5 Å². The first-order valence-electron chi connectivity index (χ1n) is 9.04. The van der Waals surface area contributed by atoms with E-state index in [1.54, 1.807) is 36.7 Å². The summed E-state index contributed by atoms with van der Waals surface area (Å²) in [7, 11) is 1.54. The first kappa shape index (κ1) is 17.9. The molecule has 7 heteroatoms. The molecule has 3 heterocycles. The number of aryl methyl sites for hydroxylation is 2. The number of rotatable bonds is 2. The number of anilines is 1. The van der Waals surface area contributed by atoms with Gasteiger partial charge in [0.05, 0.1) is 16.0 Å². The molecule has 1 aliphatic heterocycles. The molecule has 0 unspecified atom stereocenters. The number of fused-ring (bicyclic) bond motifs is 2. The number of thiophene rings is 1. The second kappa shape index (κ2) is 6.88. The van der Waals surface area contributed by atoms with Gasteiger partial charge in [-0.2, -0.15) is 0 Å². The number of hydrogen-bond acceptors (Lipinski definition) is 4. The lowest BCUT2D eigenvalue weighted by molar-refractivity contribution is 0.0995. The van der Waals surface area contributed by atoms with Crippen LogP contribution in [0.25, 0.3) is 10.2 Å². The molecule has 2 aromatic heterocycles. The van der Waals surface area contributed by atoms with Gasteiger partial charge in [0, 0.05) is 20.0 Å². The predicted octanol–water partition coefficient (Wildman–Crippen LogP) is 3.91. The van der Waals surface area contributed by atoms with E-state index in [1.165, 1.54) is 22.3 Å². The standard InChI is InChI=1S/C20H20FN3O2S/c1-12-16-18(22-15-10-4-3-7-11-24(15)19(16)25)27-17(12)20(26)23(2)14-9-6-5-8-13(14)21/h5-6,8-9H,3-4,7,10-11H2,1-2H3. The molecule has 0 radical (unpaired) electrons. The highest BCUT2D eigenvalue weighted by Crippen LogP contribution is 2.30. The molecule has 5 nitrogen and oxygen atoms in total. The third kappa shape index (κ3) is 2.96. The average molecular weight is 385 g/mol. The molecule has 0 fully saturated rings. The van der Waals surface area contributed by atoms with Crippen molar-refractivity contribution in [2.75, 3.05) is 11.9 Å². The van der Waals surface area contributed by atoms with E-state index in [1.807, 2.05) is 0 Å². The van der Waals surface area contributed by atoms with Crippen LogP contribution in [-0.4, -0.2) is 22.5 Å². The van der Waals surface area contributed by atoms with Crippen LogP contribution in [0.1, 0.15) is 40.3 Å². The van der Waals surface area contributed by atoms with Gasteiger partial charge in [0.15, 0.2) is 0 Å². The lowest BCUT2D eigenvalue weighted by atomic mass is 10.2. The van der Waals surface area contributed by atoms with E-state index < -0.39 is 5.82 Å². The maximum absolute atomic E-state index is 14.1. The number of aromatic nitrogens is 2. The molecule has 0 N–H and O–H groups in total. The Balaban J connectivity index is 1.82. The van der Waals surface area contributed by atoms with Crippen LogP contribution in [0.15, 0.2) is 29.1 Å². The highest BCUT2D eigenvalue weighted by atomic mass is 32.1. The molecule has 0 atom stereocenters. The molecule has 1 amide bonds. The van der Waals surface area contributed by atoms with E-state index in [0.717, 1.165) is 31.5 Å². The van der Waals surface area contributed by atoms with E-state index in [9.17, 15) is 14.0 Å². The van der Waals surface area contributed by atoms with Gasteiger partial charge in [0.2, 0.25) is 0 Å². The highest BCUT2D eigenvalue weighted by molar-refractivity contribution is 7.20. The van der Waals surface area contributed by atoms with Gasteiger partial charge < -0.3 is 4.90 Å². The Hall–Kier alpha value is -2.54. The van der Waals surface area contributed by atoms with Crippen molar-refractivity contribution in [2.24, 2.45) is 0 Å². The number of para-hydroxylation sites is 1. The molecular weight excluding hydrogens is 365 g/mol. The summed E-state index contributed by atoms with van der Waals surface area (Å²) >= 11 is 1.22. The van der Waals surface area contributed by atoms with Crippen LogP contribution in [-0.2, 0) is 13.0 Å². The van der Waals surface area contributed by atoms with Crippen LogP contribution in [0, 0.1) is 12.7 Å². The molecule has 0 saturated carbocycles. The second-order valence-corrected chi connectivity index (χ2v) is 7.85. The van der Waals surface area contributed by atoms with Crippen LogP contribution in [0.5, 0.6) is 0 Å². The monoisotopic (exact) mass is 385 g/mol. The Kier molecular flexibility index (Phi) is 4.55. The molecule has 0 aliphatic carbocycles. The molecule has 4 rings (SSSR count). The minimum atomic E-state index is -0.461. The summed E-state index contributed by atoms with van der Waals surface area (Å²) in [6.07, 6.45) is 3.85. The summed E-state index contributed by atoms with van der Waals surface area (Å²) in [5, 5.41) is 0.510. The second-order valence-electron chi connectivity index (χ2n) is 6.85. The van der Waals surface area contributed by atoms with Crippen molar-refractivity contribution in [3.8, 4) is 0 Å². The molecule has 140 valence electrons. The van der Waals surface area contributed by atoms with Crippen molar-refractivity contribution in [3.63, 3.8) is 0 Å². The zero-order valence-corrected chi connectivity index (χ0v) is 16.1. The molecule has 1 aromatic carbocycles. The number of halogens is 1. The number of nitrogens with zero attached hydrogens (tertiary/aromatic N) is 3. The van der Waals surface area contributed by atoms with Gasteiger partial charge in [0.25, 0.3) is 11.5 Å². The number of benzene rings is 1. The first-order chi connectivity index (χ1) is 13.0. The van der Waals surface area contributed by atoms with Crippen molar-refractivity contribution in [1.29, 1.82) is 0 Å². The molecule has 0 saturated heterocycles. The van der Waals surface area contributed by atoms with Crippen LogP contribution < -0.4 is 10.5 Å². The first-order valence-corrected chi connectivity index (χ1v) is 9.86. The maximum Gasteiger partial charge on any atom is 0.268 e. The molecule has 1 aliphatic rings. The van der Waals surface area contributed by atoms with Crippen molar-refractivity contribution < 1.29 is 9.18 Å². The summed E-state index contributed by atoms with van der Waals surface area (Å²) in [6.45, 7) is 2.44. The van der Waals surface area contributed by atoms with Crippen LogP contribution in [0.2, 0.25) is 0 Å². The van der Waals surface area contributed by atoms with Crippen LogP contribution in [0.3, 0.4) is 0 Å². The minimum absolute atomic E-state index is 0.0711. The number of hydrogen-bond donors (Lipinski definition) is 0. The predicted molar refractivity (Wildman–Crippen MR) is 105 cm³/mol. The van der Waals surface area contributed by atoms with E-state index in [2.05, 4.69) is 4.98 Å². The average Bonchev–Trinajstić information content (AvgIpc) is 2.83. The van der Waals surface area contributed by atoms with E-state index in [4.69, 9.17) is 0 Å². The fourth-order valence-corrected chi connectivity index (χ4v) is 4.77. The highest BCUT2D eigenvalue weighted by Gasteiger charge is 2.25. The summed E-state index contributed by atoms with van der Waals surface area (Å²) in [5.41, 5.74) is 0.762. The summed E-state index contributed by atoms with van der Waals surface area (Å²) in [4.78, 5) is 33.0. The zero-order valence-electron chi connectivity index (χ0n) is 15.3. The minimum Gasteiger partial charge on any atom is -0.308 e. The molecular formula is C20H20FN3O2S. The number of amides is 1. The van der Waals surface area contributed by atoms with Crippen molar-refractivity contribution in [1.82, 2.24) is 9.55 Å². The van der Waals surface area contributed by atoms with Crippen LogP contribution in [0.4, 0.5) is 10.1 Å². The summed E-state index contributed by atoms with van der Waals surface area (Å²) in [6, 6.07) is 6.15. The topological polar surface area (TPSA) is 55.2 Å². The summed E-state index contributed by atoms with van der Waals surface area (Å²) in [5.74, 6) is 0.00456. The van der Waals surface area contributed by atoms with Gasteiger partial charge in [-0.25, -0.2) is 9.37 Å². The third-order valence-corrected chi connectivity index (χ3v) is 6.30. The fourth-order valence-electron chi connectivity index (χ4n) is 3.60. The SMILES string of the molecule is Cc1c(C(=O)N(C)c2ccccc2F)sc2nc3n(c(=O)c12)CCCCC3. The van der Waals surface area contributed by atoms with E-state index in [0.29, 0.717) is 27.2 Å². The number of carbonyl (C=O) groups is 1. The van der Waals surface area contributed by atoms with E-state index >= 15 is 0 Å². The van der Waals surface area contributed by atoms with Crippen molar-refractivity contribution >= 4 is 33.1 Å². The van der Waals surface area contributed by atoms with Crippen molar-refractivity contribution in [3.05, 3.63) is 56.7 Å². The quantitative estimate of drug-likeness (QED) is 0.672. The smallest absolute Gasteiger partial charge is 0.268 e. The molecule has 0 bridgehead atoms.